The van der Waals surface area contributed by atoms with E-state index in [1.54, 1.807) is 0 Å². The van der Waals surface area contributed by atoms with Crippen molar-refractivity contribution < 1.29 is 4.79 Å². The second kappa shape index (κ2) is 6.35. The number of benzene rings is 2. The minimum atomic E-state index is -0.167. The second-order valence-corrected chi connectivity index (χ2v) is 7.05. The molecule has 2 N–H and O–H groups in total. The minimum absolute atomic E-state index is 0.167. The topological polar surface area (TPSA) is 57.8 Å². The lowest BCUT2D eigenvalue weighted by Gasteiger charge is -2.04. The number of amides is 1. The molecular weight excluding hydrogens is 354 g/mol. The number of rotatable bonds is 3. The normalized spacial score (nSPS) is 11.0. The Morgan fingerprint density at radius 2 is 2.04 bits per heavy atom. The molecule has 4 rings (SSSR count). The number of carbonyl (C=O) groups is 1. The second-order valence-electron chi connectivity index (χ2n) is 5.65. The molecule has 2 heterocycles. The first-order valence-corrected chi connectivity index (χ1v) is 8.92. The summed E-state index contributed by atoms with van der Waals surface area (Å²) in [5.41, 5.74) is 3.25. The monoisotopic (exact) mass is 367 g/mol. The van der Waals surface area contributed by atoms with Crippen LogP contribution in [0.25, 0.3) is 21.5 Å². The van der Waals surface area contributed by atoms with E-state index >= 15 is 0 Å². The van der Waals surface area contributed by atoms with Crippen LogP contribution in [0, 0.1) is 6.92 Å². The molecule has 4 aromatic rings. The van der Waals surface area contributed by atoms with Gasteiger partial charge in [-0.25, -0.2) is 4.98 Å². The summed E-state index contributed by atoms with van der Waals surface area (Å²) in [6.45, 7) is 1.83. The summed E-state index contributed by atoms with van der Waals surface area (Å²) >= 11 is 7.58. The van der Waals surface area contributed by atoms with E-state index in [1.165, 1.54) is 11.3 Å². The van der Waals surface area contributed by atoms with E-state index in [-0.39, 0.29) is 5.91 Å². The number of carbonyl (C=O) groups excluding carboxylic acids is 1. The Kier molecular flexibility index (Phi) is 4.03. The minimum Gasteiger partial charge on any atom is -0.361 e. The number of anilines is 1. The van der Waals surface area contributed by atoms with Gasteiger partial charge in [0.2, 0.25) is 0 Å². The molecule has 2 aromatic carbocycles. The van der Waals surface area contributed by atoms with Crippen LogP contribution in [-0.2, 0) is 0 Å². The molecule has 1 amide bonds. The number of nitrogens with zero attached hydrogens (tertiary/aromatic N) is 1. The van der Waals surface area contributed by atoms with Crippen molar-refractivity contribution in [2.24, 2.45) is 0 Å². The number of aryl methyl sites for hydroxylation is 1. The van der Waals surface area contributed by atoms with Gasteiger partial charge in [-0.2, -0.15) is 0 Å². The van der Waals surface area contributed by atoms with Crippen molar-refractivity contribution in [1.82, 2.24) is 9.97 Å². The largest absolute Gasteiger partial charge is 0.361 e. The molecule has 4 nitrogen and oxygen atoms in total. The number of aromatic amines is 1. The van der Waals surface area contributed by atoms with Crippen molar-refractivity contribution in [2.45, 2.75) is 6.92 Å². The highest BCUT2D eigenvalue weighted by Crippen LogP contribution is 2.33. The van der Waals surface area contributed by atoms with Gasteiger partial charge in [0.1, 0.15) is 9.88 Å². The van der Waals surface area contributed by atoms with Crippen molar-refractivity contribution in [2.75, 3.05) is 5.32 Å². The molecule has 6 heteroatoms. The third-order valence-electron chi connectivity index (χ3n) is 3.92. The summed E-state index contributed by atoms with van der Waals surface area (Å²) in [5.74, 6) is -0.167. The Balaban J connectivity index is 1.63. The molecule has 0 aliphatic carbocycles. The Bertz CT molecular complexity index is 1080. The van der Waals surface area contributed by atoms with Gasteiger partial charge in [0.15, 0.2) is 0 Å². The Morgan fingerprint density at radius 1 is 1.20 bits per heavy atom. The lowest BCUT2D eigenvalue weighted by Crippen LogP contribution is -2.11. The average molecular weight is 368 g/mol. The maximum atomic E-state index is 12.7. The zero-order chi connectivity index (χ0) is 17.4. The first kappa shape index (κ1) is 15.9. The Morgan fingerprint density at radius 3 is 2.88 bits per heavy atom. The molecule has 0 saturated carbocycles. The Hall–Kier alpha value is -2.63. The number of hydrogen-bond donors (Lipinski definition) is 2. The van der Waals surface area contributed by atoms with Gasteiger partial charge in [-0.15, -0.1) is 11.3 Å². The molecule has 0 unspecified atom stereocenters. The summed E-state index contributed by atoms with van der Waals surface area (Å²) < 4.78 is 0. The van der Waals surface area contributed by atoms with Crippen LogP contribution in [0.2, 0.25) is 5.02 Å². The van der Waals surface area contributed by atoms with Crippen molar-refractivity contribution >= 4 is 45.4 Å². The maximum absolute atomic E-state index is 12.7. The highest BCUT2D eigenvalue weighted by molar-refractivity contribution is 7.17. The molecule has 0 aliphatic heterocycles. The number of H-pyrrole nitrogens is 1. The first-order valence-electron chi connectivity index (χ1n) is 7.72. The number of nitrogens with one attached hydrogen (secondary N) is 2. The van der Waals surface area contributed by atoms with Gasteiger partial charge in [0, 0.05) is 23.0 Å². The zero-order valence-corrected chi connectivity index (χ0v) is 14.9. The van der Waals surface area contributed by atoms with Crippen LogP contribution in [0.5, 0.6) is 0 Å². The van der Waals surface area contributed by atoms with E-state index in [1.807, 2.05) is 61.7 Å². The summed E-state index contributed by atoms with van der Waals surface area (Å²) in [5, 5.41) is 5.41. The highest BCUT2D eigenvalue weighted by Gasteiger charge is 2.17. The van der Waals surface area contributed by atoms with Crippen LogP contribution in [0.3, 0.4) is 0 Å². The molecule has 0 aliphatic rings. The standard InChI is InChI=1S/C19H14ClN3OS/c1-11-17(25-19(22-11)14-4-2-3-5-15(14)20)18(24)23-13-7-6-12-8-9-21-16(12)10-13/h2-10,21H,1H3,(H,23,24). The summed E-state index contributed by atoms with van der Waals surface area (Å²) in [7, 11) is 0. The fourth-order valence-corrected chi connectivity index (χ4v) is 3.95. The molecule has 124 valence electrons. The lowest BCUT2D eigenvalue weighted by molar-refractivity contribution is 0.103. The van der Waals surface area contributed by atoms with Crippen LogP contribution in [-0.4, -0.2) is 15.9 Å². The van der Waals surface area contributed by atoms with E-state index in [0.29, 0.717) is 15.6 Å². The van der Waals surface area contributed by atoms with Gasteiger partial charge in [0.05, 0.1) is 10.7 Å². The third kappa shape index (κ3) is 3.04. The van der Waals surface area contributed by atoms with Crippen molar-refractivity contribution in [1.29, 1.82) is 0 Å². The van der Waals surface area contributed by atoms with Crippen molar-refractivity contribution in [3.8, 4) is 10.6 Å². The number of thiazole rings is 1. The van der Waals surface area contributed by atoms with Gasteiger partial charge >= 0.3 is 0 Å². The lowest BCUT2D eigenvalue weighted by atomic mass is 10.2. The van der Waals surface area contributed by atoms with Crippen LogP contribution >= 0.6 is 22.9 Å². The summed E-state index contributed by atoms with van der Waals surface area (Å²) in [6.07, 6.45) is 1.87. The first-order chi connectivity index (χ1) is 12.1. The van der Waals surface area contributed by atoms with Crippen LogP contribution in [0.15, 0.2) is 54.7 Å². The van der Waals surface area contributed by atoms with E-state index < -0.39 is 0 Å². The predicted octanol–water partition coefficient (Wildman–Crippen LogP) is 5.51. The van der Waals surface area contributed by atoms with Gasteiger partial charge < -0.3 is 10.3 Å². The van der Waals surface area contributed by atoms with Crippen LogP contribution < -0.4 is 5.32 Å². The smallest absolute Gasteiger partial charge is 0.267 e. The van der Waals surface area contributed by atoms with E-state index in [2.05, 4.69) is 15.3 Å². The molecule has 0 radical (unpaired) electrons. The number of hydrogen-bond acceptors (Lipinski definition) is 3. The number of halogens is 1. The van der Waals surface area contributed by atoms with Crippen LogP contribution in [0.1, 0.15) is 15.4 Å². The van der Waals surface area contributed by atoms with Crippen molar-refractivity contribution in [3.05, 3.63) is 70.3 Å². The third-order valence-corrected chi connectivity index (χ3v) is 5.44. The summed E-state index contributed by atoms with van der Waals surface area (Å²) in [4.78, 5) is 20.9. The molecule has 0 spiro atoms. The van der Waals surface area contributed by atoms with E-state index in [4.69, 9.17) is 11.6 Å². The summed E-state index contributed by atoms with van der Waals surface area (Å²) in [6, 6.07) is 15.3. The van der Waals surface area contributed by atoms with Gasteiger partial charge in [0.25, 0.3) is 5.91 Å². The zero-order valence-electron chi connectivity index (χ0n) is 13.3. The SMILES string of the molecule is Cc1nc(-c2ccccc2Cl)sc1C(=O)Nc1ccc2cc[nH]c2c1. The average Bonchev–Trinajstić information content (AvgIpc) is 3.21. The fraction of sp³-hybridized carbons (Fsp3) is 0.0526. The fourth-order valence-electron chi connectivity index (χ4n) is 2.67. The van der Waals surface area contributed by atoms with Crippen LogP contribution in [0.4, 0.5) is 5.69 Å². The quantitative estimate of drug-likeness (QED) is 0.502. The van der Waals surface area contributed by atoms with Gasteiger partial charge in [-0.3, -0.25) is 4.79 Å². The van der Waals surface area contributed by atoms with E-state index in [0.717, 1.165) is 27.2 Å². The number of fused-ring (bicyclic) bond motifs is 1. The maximum Gasteiger partial charge on any atom is 0.267 e. The Labute approximate surface area is 153 Å². The molecule has 0 atom stereocenters. The molecule has 0 saturated heterocycles. The van der Waals surface area contributed by atoms with E-state index in [9.17, 15) is 4.79 Å². The molecule has 0 fully saturated rings. The highest BCUT2D eigenvalue weighted by atomic mass is 35.5. The number of aromatic nitrogens is 2. The molecular formula is C19H14ClN3OS. The van der Waals surface area contributed by atoms with Crippen molar-refractivity contribution in [3.63, 3.8) is 0 Å². The molecule has 2 aromatic heterocycles. The predicted molar refractivity (Wildman–Crippen MR) is 104 cm³/mol. The molecule has 25 heavy (non-hydrogen) atoms. The van der Waals surface area contributed by atoms with Gasteiger partial charge in [-0.1, -0.05) is 35.9 Å². The molecule has 0 bridgehead atoms. The van der Waals surface area contributed by atoms with Gasteiger partial charge in [-0.05, 0) is 36.6 Å².